The average Bonchev–Trinajstić information content (AvgIpc) is 2.28. The van der Waals surface area contributed by atoms with Crippen molar-refractivity contribution in [2.75, 3.05) is 25.0 Å². The number of nitrogens with one attached hydrogen (secondary N) is 1. The van der Waals surface area contributed by atoms with Gasteiger partial charge in [-0.1, -0.05) is 0 Å². The zero-order valence-electron chi connectivity index (χ0n) is 10.1. The van der Waals surface area contributed by atoms with E-state index < -0.39 is 0 Å². The Bertz CT molecular complexity index is 352. The van der Waals surface area contributed by atoms with Crippen LogP contribution in [0, 0.1) is 6.92 Å². The van der Waals surface area contributed by atoms with Crippen LogP contribution in [0.2, 0.25) is 5.28 Å². The van der Waals surface area contributed by atoms with Gasteiger partial charge in [0.15, 0.2) is 0 Å². The molecule has 1 saturated heterocycles. The van der Waals surface area contributed by atoms with Crippen LogP contribution < -0.4 is 10.2 Å². The Morgan fingerprint density at radius 1 is 1.47 bits per heavy atom. The summed E-state index contributed by atoms with van der Waals surface area (Å²) in [6, 6.07) is 2.53. The molecule has 4 nitrogen and oxygen atoms in total. The monoisotopic (exact) mass is 276 g/mol. The minimum Gasteiger partial charge on any atom is -0.355 e. The number of aromatic nitrogens is 2. The van der Waals surface area contributed by atoms with Crippen LogP contribution >= 0.6 is 24.0 Å². The van der Waals surface area contributed by atoms with Crippen molar-refractivity contribution in [1.82, 2.24) is 15.3 Å². The fourth-order valence-electron chi connectivity index (χ4n) is 2.10. The highest BCUT2D eigenvalue weighted by Crippen LogP contribution is 2.19. The molecule has 1 N–H and O–H groups in total. The predicted molar refractivity (Wildman–Crippen MR) is 73.3 cm³/mol. The van der Waals surface area contributed by atoms with E-state index in [0.717, 1.165) is 24.6 Å². The lowest BCUT2D eigenvalue weighted by atomic mass is 10.1. The summed E-state index contributed by atoms with van der Waals surface area (Å²) in [5, 5.41) is 3.65. The molecule has 1 aromatic heterocycles. The Kier molecular flexibility index (Phi) is 5.43. The van der Waals surface area contributed by atoms with Crippen molar-refractivity contribution < 1.29 is 0 Å². The van der Waals surface area contributed by atoms with Crippen molar-refractivity contribution in [2.45, 2.75) is 25.8 Å². The minimum atomic E-state index is 0. The van der Waals surface area contributed by atoms with E-state index in [1.54, 1.807) is 0 Å². The summed E-state index contributed by atoms with van der Waals surface area (Å²) in [7, 11) is 2.01. The molecule has 1 aromatic rings. The molecule has 96 valence electrons. The molecule has 2 rings (SSSR count). The van der Waals surface area contributed by atoms with Crippen LogP contribution in [0.5, 0.6) is 0 Å². The number of hydrogen-bond acceptors (Lipinski definition) is 4. The van der Waals surface area contributed by atoms with Crippen LogP contribution in [0.4, 0.5) is 5.82 Å². The Balaban J connectivity index is 0.00000144. The van der Waals surface area contributed by atoms with Gasteiger partial charge in [0.2, 0.25) is 5.28 Å². The number of likely N-dealkylation sites (N-methyl/N-ethyl adjacent to an activating group) is 1. The highest BCUT2D eigenvalue weighted by molar-refractivity contribution is 6.28. The molecule has 1 unspecified atom stereocenters. The van der Waals surface area contributed by atoms with Crippen LogP contribution in [0.1, 0.15) is 18.5 Å². The summed E-state index contributed by atoms with van der Waals surface area (Å²) in [5.74, 6) is 0.942. The zero-order chi connectivity index (χ0) is 11.5. The molecule has 0 aliphatic carbocycles. The second kappa shape index (κ2) is 6.38. The quantitative estimate of drug-likeness (QED) is 0.840. The van der Waals surface area contributed by atoms with Gasteiger partial charge < -0.3 is 10.2 Å². The second-order valence-electron chi connectivity index (χ2n) is 4.21. The zero-order valence-corrected chi connectivity index (χ0v) is 11.7. The maximum Gasteiger partial charge on any atom is 0.224 e. The first-order valence-electron chi connectivity index (χ1n) is 5.62. The molecule has 0 radical (unpaired) electrons. The van der Waals surface area contributed by atoms with Crippen LogP contribution in [-0.4, -0.2) is 36.1 Å². The number of halogens is 2. The summed E-state index contributed by atoms with van der Waals surface area (Å²) in [6.45, 7) is 3.98. The van der Waals surface area contributed by atoms with E-state index in [2.05, 4.69) is 20.2 Å². The third kappa shape index (κ3) is 3.69. The van der Waals surface area contributed by atoms with Gasteiger partial charge in [0, 0.05) is 30.9 Å². The van der Waals surface area contributed by atoms with E-state index in [4.69, 9.17) is 11.6 Å². The number of aryl methyl sites for hydroxylation is 1. The van der Waals surface area contributed by atoms with E-state index in [0.29, 0.717) is 11.3 Å². The number of rotatable bonds is 2. The SMILES string of the molecule is CNC1CCCN(c2cc(C)nc(Cl)n2)C1.Cl. The fourth-order valence-corrected chi connectivity index (χ4v) is 2.32. The van der Waals surface area contributed by atoms with Gasteiger partial charge >= 0.3 is 0 Å². The average molecular weight is 277 g/mol. The molecule has 17 heavy (non-hydrogen) atoms. The number of piperidine rings is 1. The molecule has 1 aliphatic heterocycles. The van der Waals surface area contributed by atoms with E-state index in [1.807, 2.05) is 20.0 Å². The molecule has 1 fully saturated rings. The lowest BCUT2D eigenvalue weighted by molar-refractivity contribution is 0.447. The van der Waals surface area contributed by atoms with Gasteiger partial charge in [-0.25, -0.2) is 9.97 Å². The van der Waals surface area contributed by atoms with Crippen molar-refractivity contribution in [3.05, 3.63) is 17.0 Å². The maximum absolute atomic E-state index is 5.88. The predicted octanol–water partition coefficient (Wildman–Crippen LogP) is 2.05. The summed E-state index contributed by atoms with van der Waals surface area (Å²) in [6.07, 6.45) is 2.41. The lowest BCUT2D eigenvalue weighted by Crippen LogP contribution is -2.44. The van der Waals surface area contributed by atoms with E-state index in [1.165, 1.54) is 12.8 Å². The Morgan fingerprint density at radius 2 is 2.24 bits per heavy atom. The van der Waals surface area contributed by atoms with Gasteiger partial charge in [-0.3, -0.25) is 0 Å². The van der Waals surface area contributed by atoms with Crippen LogP contribution in [0.15, 0.2) is 6.07 Å². The smallest absolute Gasteiger partial charge is 0.224 e. The first-order valence-corrected chi connectivity index (χ1v) is 6.00. The molecule has 0 saturated carbocycles. The van der Waals surface area contributed by atoms with Crippen molar-refractivity contribution in [1.29, 1.82) is 0 Å². The number of nitrogens with zero attached hydrogens (tertiary/aromatic N) is 3. The highest BCUT2D eigenvalue weighted by atomic mass is 35.5. The van der Waals surface area contributed by atoms with Crippen molar-refractivity contribution in [3.63, 3.8) is 0 Å². The Morgan fingerprint density at radius 3 is 2.88 bits per heavy atom. The van der Waals surface area contributed by atoms with Crippen molar-refractivity contribution >= 4 is 29.8 Å². The van der Waals surface area contributed by atoms with Gasteiger partial charge in [-0.2, -0.15) is 0 Å². The second-order valence-corrected chi connectivity index (χ2v) is 4.55. The van der Waals surface area contributed by atoms with Gasteiger partial charge in [0.25, 0.3) is 0 Å². The molecule has 1 atom stereocenters. The molecule has 0 spiro atoms. The first-order chi connectivity index (χ1) is 7.69. The third-order valence-electron chi connectivity index (χ3n) is 2.97. The van der Waals surface area contributed by atoms with Crippen LogP contribution in [0.25, 0.3) is 0 Å². The Labute approximate surface area is 113 Å². The van der Waals surface area contributed by atoms with Crippen LogP contribution in [0.3, 0.4) is 0 Å². The summed E-state index contributed by atoms with van der Waals surface area (Å²) >= 11 is 5.88. The maximum atomic E-state index is 5.88. The van der Waals surface area contributed by atoms with Gasteiger partial charge in [-0.05, 0) is 38.4 Å². The lowest BCUT2D eigenvalue weighted by Gasteiger charge is -2.33. The highest BCUT2D eigenvalue weighted by Gasteiger charge is 2.19. The van der Waals surface area contributed by atoms with Gasteiger partial charge in [-0.15, -0.1) is 12.4 Å². The number of anilines is 1. The van der Waals surface area contributed by atoms with Gasteiger partial charge in [0.05, 0.1) is 0 Å². The van der Waals surface area contributed by atoms with E-state index in [9.17, 15) is 0 Å². The van der Waals surface area contributed by atoms with Crippen molar-refractivity contribution in [2.24, 2.45) is 0 Å². The molecular weight excluding hydrogens is 259 g/mol. The fraction of sp³-hybridized carbons (Fsp3) is 0.636. The van der Waals surface area contributed by atoms with Crippen molar-refractivity contribution in [3.8, 4) is 0 Å². The summed E-state index contributed by atoms with van der Waals surface area (Å²) < 4.78 is 0. The normalized spacial score (nSPS) is 19.9. The molecule has 0 aromatic carbocycles. The molecule has 0 bridgehead atoms. The van der Waals surface area contributed by atoms with Gasteiger partial charge in [0.1, 0.15) is 5.82 Å². The third-order valence-corrected chi connectivity index (χ3v) is 3.14. The molecular formula is C11H18Cl2N4. The molecule has 1 aliphatic rings. The number of hydrogen-bond donors (Lipinski definition) is 1. The summed E-state index contributed by atoms with van der Waals surface area (Å²) in [4.78, 5) is 10.6. The first kappa shape index (κ1) is 14.5. The standard InChI is InChI=1S/C11H17ClN4.ClH/c1-8-6-10(15-11(12)14-8)16-5-3-4-9(7-16)13-2;/h6,9,13H,3-5,7H2,1-2H3;1H. The largest absolute Gasteiger partial charge is 0.355 e. The van der Waals surface area contributed by atoms with E-state index in [-0.39, 0.29) is 12.4 Å². The van der Waals surface area contributed by atoms with Crippen LogP contribution in [-0.2, 0) is 0 Å². The van der Waals surface area contributed by atoms with E-state index >= 15 is 0 Å². The minimum absolute atomic E-state index is 0. The summed E-state index contributed by atoms with van der Waals surface area (Å²) in [5.41, 5.74) is 0.918. The molecule has 0 amide bonds. The molecule has 6 heteroatoms. The molecule has 2 heterocycles. The Hall–Kier alpha value is -0.580. The topological polar surface area (TPSA) is 41.0 Å².